The first-order valence-corrected chi connectivity index (χ1v) is 10.1. The van der Waals surface area contributed by atoms with Gasteiger partial charge in [-0.2, -0.15) is 0 Å². The van der Waals surface area contributed by atoms with E-state index in [9.17, 15) is 8.42 Å². The van der Waals surface area contributed by atoms with Gasteiger partial charge in [-0.25, -0.2) is 13.4 Å². The lowest BCUT2D eigenvalue weighted by Gasteiger charge is -2.08. The fourth-order valence-electron chi connectivity index (χ4n) is 2.61. The Morgan fingerprint density at radius 1 is 0.885 bits per heavy atom. The Kier molecular flexibility index (Phi) is 4.26. The van der Waals surface area contributed by atoms with Crippen LogP contribution in [0, 0.1) is 0 Å². The molecular weight excluding hydrogens is 414 g/mol. The number of fused-ring (bicyclic) bond motifs is 1. The molecule has 0 bridgehead atoms. The van der Waals surface area contributed by atoms with E-state index in [4.69, 9.17) is 0 Å². The number of H-pyrrole nitrogens is 1. The van der Waals surface area contributed by atoms with Gasteiger partial charge in [0.2, 0.25) is 0 Å². The number of imidazole rings is 1. The van der Waals surface area contributed by atoms with Crippen LogP contribution in [0.2, 0.25) is 0 Å². The largest absolute Gasteiger partial charge is 0.338 e. The van der Waals surface area contributed by atoms with Gasteiger partial charge < -0.3 is 4.98 Å². The molecule has 4 rings (SSSR count). The van der Waals surface area contributed by atoms with Crippen molar-refractivity contribution < 1.29 is 8.42 Å². The highest BCUT2D eigenvalue weighted by molar-refractivity contribution is 9.10. The first kappa shape index (κ1) is 16.8. The molecule has 7 heteroatoms. The van der Waals surface area contributed by atoms with E-state index in [1.165, 1.54) is 0 Å². The van der Waals surface area contributed by atoms with Gasteiger partial charge in [0.25, 0.3) is 10.0 Å². The van der Waals surface area contributed by atoms with Crippen molar-refractivity contribution in [3.8, 4) is 11.4 Å². The topological polar surface area (TPSA) is 74.8 Å². The fraction of sp³-hybridized carbons (Fsp3) is 0. The van der Waals surface area contributed by atoms with Gasteiger partial charge in [-0.1, -0.05) is 28.1 Å². The molecule has 0 atom stereocenters. The fourth-order valence-corrected chi connectivity index (χ4v) is 3.94. The Labute approximate surface area is 159 Å². The second kappa shape index (κ2) is 6.59. The number of sulfonamides is 1. The van der Waals surface area contributed by atoms with Gasteiger partial charge in [0, 0.05) is 15.7 Å². The summed E-state index contributed by atoms with van der Waals surface area (Å²) in [5.74, 6) is 0.705. The first-order chi connectivity index (χ1) is 12.5. The van der Waals surface area contributed by atoms with Gasteiger partial charge in [-0.15, -0.1) is 0 Å². The van der Waals surface area contributed by atoms with Crippen LogP contribution in [0.1, 0.15) is 0 Å². The molecule has 1 heterocycles. The molecule has 4 aromatic rings. The number of nitrogens with zero attached hydrogens (tertiary/aromatic N) is 1. The minimum Gasteiger partial charge on any atom is -0.338 e. The van der Waals surface area contributed by atoms with Crippen LogP contribution >= 0.6 is 15.9 Å². The number of hydrogen-bond acceptors (Lipinski definition) is 3. The average molecular weight is 428 g/mol. The molecule has 0 amide bonds. The average Bonchev–Trinajstić information content (AvgIpc) is 3.08. The minimum atomic E-state index is -3.65. The number of hydrogen-bond donors (Lipinski definition) is 2. The molecule has 0 aliphatic rings. The van der Waals surface area contributed by atoms with Crippen molar-refractivity contribution in [2.45, 2.75) is 4.90 Å². The zero-order valence-corrected chi connectivity index (χ0v) is 15.9. The summed E-state index contributed by atoms with van der Waals surface area (Å²) >= 11 is 3.33. The summed E-state index contributed by atoms with van der Waals surface area (Å²) in [7, 11) is -3.65. The molecule has 130 valence electrons. The molecule has 26 heavy (non-hydrogen) atoms. The van der Waals surface area contributed by atoms with Crippen molar-refractivity contribution >= 4 is 42.7 Å². The van der Waals surface area contributed by atoms with Crippen LogP contribution in [0.4, 0.5) is 5.69 Å². The summed E-state index contributed by atoms with van der Waals surface area (Å²) in [6, 6.07) is 21.3. The van der Waals surface area contributed by atoms with Crippen molar-refractivity contribution in [3.63, 3.8) is 0 Å². The van der Waals surface area contributed by atoms with Crippen LogP contribution in [0.5, 0.6) is 0 Å². The summed E-state index contributed by atoms with van der Waals surface area (Å²) in [4.78, 5) is 7.95. The van der Waals surface area contributed by atoms with Gasteiger partial charge in [0.15, 0.2) is 0 Å². The van der Waals surface area contributed by atoms with Gasteiger partial charge in [0.05, 0.1) is 15.9 Å². The van der Waals surface area contributed by atoms with E-state index in [0.29, 0.717) is 11.5 Å². The standard InChI is InChI=1S/C19H14BrN3O2S/c20-14-7-9-15(10-8-14)23-26(24,25)16-11-5-13(6-12-16)19-21-17-3-1-2-4-18(17)22-19/h1-12,23H,(H,21,22). The molecule has 0 aliphatic carbocycles. The third-order valence-electron chi connectivity index (χ3n) is 3.92. The van der Waals surface area contributed by atoms with Crippen molar-refractivity contribution in [1.82, 2.24) is 9.97 Å². The quantitative estimate of drug-likeness (QED) is 0.491. The van der Waals surface area contributed by atoms with E-state index in [-0.39, 0.29) is 4.90 Å². The normalized spacial score (nSPS) is 11.6. The number of anilines is 1. The number of aromatic amines is 1. The third-order valence-corrected chi connectivity index (χ3v) is 5.85. The first-order valence-electron chi connectivity index (χ1n) is 7.85. The van der Waals surface area contributed by atoms with Gasteiger partial charge in [0.1, 0.15) is 5.82 Å². The summed E-state index contributed by atoms with van der Waals surface area (Å²) in [5.41, 5.74) is 3.14. The van der Waals surface area contributed by atoms with Crippen LogP contribution in [-0.4, -0.2) is 18.4 Å². The maximum Gasteiger partial charge on any atom is 0.261 e. The van der Waals surface area contributed by atoms with E-state index < -0.39 is 10.0 Å². The molecule has 3 aromatic carbocycles. The highest BCUT2D eigenvalue weighted by Gasteiger charge is 2.15. The number of para-hydroxylation sites is 2. The Bertz CT molecular complexity index is 1130. The predicted octanol–water partition coefficient (Wildman–Crippen LogP) is 4.79. The highest BCUT2D eigenvalue weighted by atomic mass is 79.9. The molecule has 0 radical (unpaired) electrons. The predicted molar refractivity (Wildman–Crippen MR) is 106 cm³/mol. The molecule has 5 nitrogen and oxygen atoms in total. The van der Waals surface area contributed by atoms with E-state index in [1.807, 2.05) is 24.3 Å². The van der Waals surface area contributed by atoms with Crippen molar-refractivity contribution in [2.75, 3.05) is 4.72 Å². The lowest BCUT2D eigenvalue weighted by Crippen LogP contribution is -2.12. The molecule has 0 spiro atoms. The van der Waals surface area contributed by atoms with Crippen LogP contribution in [-0.2, 0) is 10.0 Å². The van der Waals surface area contributed by atoms with Crippen LogP contribution in [0.15, 0.2) is 82.2 Å². The molecular formula is C19H14BrN3O2S. The van der Waals surface area contributed by atoms with E-state index >= 15 is 0 Å². The highest BCUT2D eigenvalue weighted by Crippen LogP contribution is 2.23. The van der Waals surface area contributed by atoms with Crippen molar-refractivity contribution in [2.24, 2.45) is 0 Å². The van der Waals surface area contributed by atoms with E-state index in [0.717, 1.165) is 21.1 Å². The van der Waals surface area contributed by atoms with Crippen molar-refractivity contribution in [1.29, 1.82) is 0 Å². The minimum absolute atomic E-state index is 0.195. The molecule has 0 saturated carbocycles. The summed E-state index contributed by atoms with van der Waals surface area (Å²) < 4.78 is 28.5. The number of rotatable bonds is 4. The Balaban J connectivity index is 1.61. The Morgan fingerprint density at radius 2 is 1.58 bits per heavy atom. The summed E-state index contributed by atoms with van der Waals surface area (Å²) in [6.07, 6.45) is 0. The SMILES string of the molecule is O=S(=O)(Nc1ccc(Br)cc1)c1ccc(-c2nc3ccccc3[nH]2)cc1. The number of aromatic nitrogens is 2. The number of nitrogens with one attached hydrogen (secondary N) is 2. The lowest BCUT2D eigenvalue weighted by molar-refractivity contribution is 0.601. The Hall–Kier alpha value is -2.64. The van der Waals surface area contributed by atoms with Gasteiger partial charge >= 0.3 is 0 Å². The van der Waals surface area contributed by atoms with Crippen molar-refractivity contribution in [3.05, 3.63) is 77.3 Å². The zero-order valence-electron chi connectivity index (χ0n) is 13.5. The number of halogens is 1. The van der Waals surface area contributed by atoms with Crippen LogP contribution in [0.3, 0.4) is 0 Å². The molecule has 2 N–H and O–H groups in total. The molecule has 1 aromatic heterocycles. The maximum absolute atomic E-state index is 12.5. The van der Waals surface area contributed by atoms with Crippen LogP contribution < -0.4 is 4.72 Å². The molecule has 0 saturated heterocycles. The molecule has 0 aliphatic heterocycles. The second-order valence-corrected chi connectivity index (χ2v) is 8.34. The number of benzene rings is 3. The Morgan fingerprint density at radius 3 is 2.27 bits per heavy atom. The zero-order chi connectivity index (χ0) is 18.1. The van der Waals surface area contributed by atoms with E-state index in [1.54, 1.807) is 48.5 Å². The van der Waals surface area contributed by atoms with E-state index in [2.05, 4.69) is 30.6 Å². The molecule has 0 fully saturated rings. The molecule has 0 unspecified atom stereocenters. The third kappa shape index (κ3) is 3.36. The maximum atomic E-state index is 12.5. The second-order valence-electron chi connectivity index (χ2n) is 5.74. The van der Waals surface area contributed by atoms with Crippen LogP contribution in [0.25, 0.3) is 22.4 Å². The summed E-state index contributed by atoms with van der Waals surface area (Å²) in [6.45, 7) is 0. The smallest absolute Gasteiger partial charge is 0.261 e. The monoisotopic (exact) mass is 427 g/mol. The van der Waals surface area contributed by atoms with Gasteiger partial charge in [-0.05, 0) is 60.7 Å². The lowest BCUT2D eigenvalue weighted by atomic mass is 10.2. The summed E-state index contributed by atoms with van der Waals surface area (Å²) in [5, 5.41) is 0. The van der Waals surface area contributed by atoms with Gasteiger partial charge in [-0.3, -0.25) is 4.72 Å².